The summed E-state index contributed by atoms with van der Waals surface area (Å²) >= 11 is 0. The highest BCUT2D eigenvalue weighted by molar-refractivity contribution is 6.32. The molecule has 11 nitrogen and oxygen atoms in total. The van der Waals surface area contributed by atoms with Gasteiger partial charge in [0, 0.05) is 30.6 Å². The molecule has 0 aliphatic carbocycles. The lowest BCUT2D eigenvalue weighted by Crippen LogP contribution is -2.45. The Kier molecular flexibility index (Phi) is 19.9. The van der Waals surface area contributed by atoms with Crippen LogP contribution in [0.3, 0.4) is 0 Å². The molecule has 56 heavy (non-hydrogen) atoms. The van der Waals surface area contributed by atoms with Crippen LogP contribution in [0.5, 0.6) is 5.75 Å². The Morgan fingerprint density at radius 1 is 0.607 bits per heavy atom. The molecule has 0 bridgehead atoms. The molecule has 0 radical (unpaired) electrons. The van der Waals surface area contributed by atoms with Crippen molar-refractivity contribution in [2.24, 2.45) is 5.41 Å². The fourth-order valence-corrected chi connectivity index (χ4v) is 5.60. The van der Waals surface area contributed by atoms with Crippen molar-refractivity contribution in [3.63, 3.8) is 0 Å². The number of ketones is 2. The van der Waals surface area contributed by atoms with Crippen molar-refractivity contribution in [1.82, 2.24) is 0 Å². The summed E-state index contributed by atoms with van der Waals surface area (Å²) in [6.07, 6.45) is 8.74. The number of carbonyl (C=O) groups excluding carboxylic acids is 6. The lowest BCUT2D eigenvalue weighted by molar-refractivity contribution is -0.168. The van der Waals surface area contributed by atoms with Crippen molar-refractivity contribution < 1.29 is 56.8 Å². The molecule has 0 spiro atoms. The van der Waals surface area contributed by atoms with Crippen molar-refractivity contribution in [3.8, 4) is 16.9 Å². The zero-order valence-electron chi connectivity index (χ0n) is 33.8. The molecule has 12 heteroatoms. The third-order valence-electron chi connectivity index (χ3n) is 8.97. The summed E-state index contributed by atoms with van der Waals surface area (Å²) < 4.78 is 43.4. The highest BCUT2D eigenvalue weighted by atomic mass is 19.1. The number of Topliss-reactive ketones (excluding diaryl/α,β-unsaturated/α-hetero) is 2. The van der Waals surface area contributed by atoms with Crippen LogP contribution < -0.4 is 4.74 Å². The van der Waals surface area contributed by atoms with Gasteiger partial charge in [-0.05, 0) is 86.4 Å². The molecule has 0 amide bonds. The maximum atomic E-state index is 15.9. The van der Waals surface area contributed by atoms with Gasteiger partial charge in [0.05, 0.1) is 6.61 Å². The first-order valence-electron chi connectivity index (χ1n) is 19.1. The zero-order chi connectivity index (χ0) is 41.8. The molecule has 0 unspecified atom stereocenters. The van der Waals surface area contributed by atoms with Gasteiger partial charge in [-0.2, -0.15) is 0 Å². The minimum absolute atomic E-state index is 0.0558. The standard InChI is InChI=1S/C44H57FO11/c1-9-11-12-13-14-15-17-33-19-20-36(38(45)22-33)37-23-35(18-16-21-52-40(48)29(3)4)39(24-34(37)10-2)53-25-44(26-54-41(49)30(5)6,27-55-42(50)31(7)46)28-56-43(51)32(8)47/h19-20,22-24H,3,5,9-18,21,25-28H2,1-2,4,6-8H3. The van der Waals surface area contributed by atoms with Gasteiger partial charge in [0.1, 0.15) is 43.4 Å². The number of carbonyl (C=O) groups is 6. The quantitative estimate of drug-likeness (QED) is 0.0303. The van der Waals surface area contributed by atoms with E-state index >= 15 is 4.39 Å². The normalized spacial score (nSPS) is 11.0. The van der Waals surface area contributed by atoms with Gasteiger partial charge in [-0.15, -0.1) is 0 Å². The van der Waals surface area contributed by atoms with Crippen LogP contribution in [-0.2, 0) is 67.0 Å². The summed E-state index contributed by atoms with van der Waals surface area (Å²) in [5.74, 6) is -5.57. The molecule has 0 fully saturated rings. The number of hydrogen-bond donors (Lipinski definition) is 0. The Hall–Kier alpha value is -5.13. The molecule has 0 aromatic heterocycles. The molecular weight excluding hydrogens is 723 g/mol. The molecule has 0 saturated heterocycles. The Bertz CT molecular complexity index is 1670. The summed E-state index contributed by atoms with van der Waals surface area (Å²) in [5, 5.41) is 0. The Morgan fingerprint density at radius 3 is 1.70 bits per heavy atom. The first-order chi connectivity index (χ1) is 26.5. The van der Waals surface area contributed by atoms with Gasteiger partial charge < -0.3 is 23.7 Å². The van der Waals surface area contributed by atoms with E-state index in [1.165, 1.54) is 26.2 Å². The molecule has 2 aromatic rings. The van der Waals surface area contributed by atoms with Gasteiger partial charge in [-0.3, -0.25) is 9.59 Å². The Balaban J connectivity index is 2.59. The molecule has 0 N–H and O–H groups in total. The van der Waals surface area contributed by atoms with Crippen LogP contribution in [0.2, 0.25) is 0 Å². The van der Waals surface area contributed by atoms with E-state index in [2.05, 4.69) is 20.1 Å². The zero-order valence-corrected chi connectivity index (χ0v) is 33.8. The van der Waals surface area contributed by atoms with E-state index in [0.717, 1.165) is 50.7 Å². The minimum Gasteiger partial charge on any atom is -0.492 e. The molecule has 306 valence electrons. The van der Waals surface area contributed by atoms with E-state index in [-0.39, 0.29) is 23.6 Å². The van der Waals surface area contributed by atoms with Crippen LogP contribution in [-0.4, -0.2) is 68.5 Å². The topological polar surface area (TPSA) is 149 Å². The first kappa shape index (κ1) is 47.0. The van der Waals surface area contributed by atoms with Gasteiger partial charge in [-0.1, -0.05) is 71.2 Å². The summed E-state index contributed by atoms with van der Waals surface area (Å²) in [4.78, 5) is 72.6. The van der Waals surface area contributed by atoms with Crippen LogP contribution in [0.15, 0.2) is 54.6 Å². The number of rotatable bonds is 26. The molecular formula is C44H57FO11. The molecule has 0 saturated carbocycles. The maximum Gasteiger partial charge on any atom is 0.374 e. The van der Waals surface area contributed by atoms with Crippen molar-refractivity contribution in [2.45, 2.75) is 106 Å². The third kappa shape index (κ3) is 15.5. The number of hydrogen-bond acceptors (Lipinski definition) is 11. The number of halogens is 1. The minimum atomic E-state index is -1.61. The third-order valence-corrected chi connectivity index (χ3v) is 8.97. The van der Waals surface area contributed by atoms with E-state index in [0.29, 0.717) is 41.7 Å². The number of benzene rings is 2. The van der Waals surface area contributed by atoms with Crippen molar-refractivity contribution >= 4 is 35.4 Å². The van der Waals surface area contributed by atoms with Gasteiger partial charge in [0.25, 0.3) is 0 Å². The first-order valence-corrected chi connectivity index (χ1v) is 19.1. The summed E-state index contributed by atoms with van der Waals surface area (Å²) in [5.41, 5.74) is 2.00. The lowest BCUT2D eigenvalue weighted by Gasteiger charge is -2.32. The molecule has 0 heterocycles. The molecule has 2 aromatic carbocycles. The van der Waals surface area contributed by atoms with E-state index in [1.54, 1.807) is 25.1 Å². The van der Waals surface area contributed by atoms with Crippen LogP contribution in [0, 0.1) is 11.2 Å². The number of ether oxygens (including phenoxy) is 5. The highest BCUT2D eigenvalue weighted by Gasteiger charge is 2.38. The van der Waals surface area contributed by atoms with Crippen molar-refractivity contribution in [2.75, 3.05) is 33.0 Å². The molecule has 0 aliphatic heterocycles. The maximum absolute atomic E-state index is 15.9. The van der Waals surface area contributed by atoms with E-state index in [1.807, 2.05) is 19.1 Å². The monoisotopic (exact) mass is 780 g/mol. The Labute approximate surface area is 329 Å². The number of aryl methyl sites for hydroxylation is 3. The van der Waals surface area contributed by atoms with Crippen LogP contribution >= 0.6 is 0 Å². The lowest BCUT2D eigenvalue weighted by atomic mass is 9.91. The number of esters is 4. The average Bonchev–Trinajstić information content (AvgIpc) is 3.16. The van der Waals surface area contributed by atoms with Crippen molar-refractivity contribution in [1.29, 1.82) is 0 Å². The second kappa shape index (κ2) is 23.7. The van der Waals surface area contributed by atoms with E-state index in [4.69, 9.17) is 23.7 Å². The number of unbranched alkanes of at least 4 members (excludes halogenated alkanes) is 5. The summed E-state index contributed by atoms with van der Waals surface area (Å²) in [6.45, 7) is 14.1. The van der Waals surface area contributed by atoms with Gasteiger partial charge >= 0.3 is 23.9 Å². The summed E-state index contributed by atoms with van der Waals surface area (Å²) in [6, 6.07) is 8.86. The van der Waals surface area contributed by atoms with Gasteiger partial charge in [0.15, 0.2) is 0 Å². The molecule has 0 atom stereocenters. The predicted octanol–water partition coefficient (Wildman–Crippen LogP) is 7.76. The smallest absolute Gasteiger partial charge is 0.374 e. The SMILES string of the molecule is C=C(C)C(=O)OCCCc1cc(-c2ccc(CCCCCCCC)cc2F)c(CC)cc1OCC(COC(=O)C(=C)C)(COC(=O)C(C)=O)COC(=O)C(C)=O. The fraction of sp³-hybridized carbons (Fsp3) is 0.500. The van der Waals surface area contributed by atoms with Gasteiger partial charge in [0.2, 0.25) is 11.6 Å². The van der Waals surface area contributed by atoms with Crippen molar-refractivity contribution in [3.05, 3.63) is 77.1 Å². The largest absolute Gasteiger partial charge is 0.492 e. The van der Waals surface area contributed by atoms with E-state index in [9.17, 15) is 28.8 Å². The van der Waals surface area contributed by atoms with E-state index < -0.39 is 67.3 Å². The van der Waals surface area contributed by atoms with Crippen LogP contribution in [0.25, 0.3) is 11.1 Å². The molecule has 0 aliphatic rings. The average molecular weight is 781 g/mol. The van der Waals surface area contributed by atoms with Crippen LogP contribution in [0.1, 0.15) is 103 Å². The second-order valence-electron chi connectivity index (χ2n) is 14.2. The predicted molar refractivity (Wildman–Crippen MR) is 209 cm³/mol. The van der Waals surface area contributed by atoms with Crippen LogP contribution in [0.4, 0.5) is 4.39 Å². The summed E-state index contributed by atoms with van der Waals surface area (Å²) in [7, 11) is 0. The highest BCUT2D eigenvalue weighted by Crippen LogP contribution is 2.35. The van der Waals surface area contributed by atoms with Gasteiger partial charge in [-0.25, -0.2) is 23.6 Å². The fourth-order valence-electron chi connectivity index (χ4n) is 5.60. The molecule has 2 rings (SSSR count). The Morgan fingerprint density at radius 2 is 1.16 bits per heavy atom. The second-order valence-corrected chi connectivity index (χ2v) is 14.2.